The Balaban J connectivity index is 2.07. The molecule has 0 atom stereocenters. The van der Waals surface area contributed by atoms with Crippen LogP contribution in [0.15, 0.2) is 11.9 Å². The molecule has 0 spiro atoms. The highest BCUT2D eigenvalue weighted by Crippen LogP contribution is 2.23. The minimum atomic E-state index is 0.394. The number of aryl methyl sites for hydroxylation is 1. The molecule has 1 saturated carbocycles. The summed E-state index contributed by atoms with van der Waals surface area (Å²) in [6, 6.07) is 0.394. The summed E-state index contributed by atoms with van der Waals surface area (Å²) >= 11 is 0. The summed E-state index contributed by atoms with van der Waals surface area (Å²) in [4.78, 5) is 4.29. The SMILES string of the molecule is CCCn1ncnc1C=C1CCC(N)CC1. The topological polar surface area (TPSA) is 56.7 Å². The first-order chi connectivity index (χ1) is 7.79. The molecule has 4 nitrogen and oxygen atoms in total. The van der Waals surface area contributed by atoms with Crippen LogP contribution in [0.1, 0.15) is 44.9 Å². The highest BCUT2D eigenvalue weighted by Gasteiger charge is 2.13. The van der Waals surface area contributed by atoms with Gasteiger partial charge in [0.15, 0.2) is 5.82 Å². The van der Waals surface area contributed by atoms with Crippen molar-refractivity contribution in [3.8, 4) is 0 Å². The van der Waals surface area contributed by atoms with Gasteiger partial charge in [-0.1, -0.05) is 12.5 Å². The van der Waals surface area contributed by atoms with Gasteiger partial charge in [0.05, 0.1) is 0 Å². The van der Waals surface area contributed by atoms with Gasteiger partial charge >= 0.3 is 0 Å². The van der Waals surface area contributed by atoms with E-state index in [1.54, 1.807) is 6.33 Å². The number of hydrogen-bond acceptors (Lipinski definition) is 3. The summed E-state index contributed by atoms with van der Waals surface area (Å²) in [5, 5.41) is 4.22. The Morgan fingerprint density at radius 3 is 2.94 bits per heavy atom. The van der Waals surface area contributed by atoms with Crippen molar-refractivity contribution in [2.45, 2.75) is 51.6 Å². The molecular weight excluding hydrogens is 200 g/mol. The van der Waals surface area contributed by atoms with E-state index in [-0.39, 0.29) is 0 Å². The normalized spacial score (nSPS) is 21.1. The molecule has 0 bridgehead atoms. The number of rotatable bonds is 3. The highest BCUT2D eigenvalue weighted by atomic mass is 15.3. The molecule has 0 saturated heterocycles. The van der Waals surface area contributed by atoms with Crippen LogP contribution in [0.5, 0.6) is 0 Å². The van der Waals surface area contributed by atoms with Crippen LogP contribution in [0.4, 0.5) is 0 Å². The van der Waals surface area contributed by atoms with Crippen molar-refractivity contribution in [1.29, 1.82) is 0 Å². The average molecular weight is 220 g/mol. The molecule has 0 radical (unpaired) electrons. The highest BCUT2D eigenvalue weighted by molar-refractivity contribution is 5.45. The van der Waals surface area contributed by atoms with Crippen LogP contribution in [-0.2, 0) is 6.54 Å². The van der Waals surface area contributed by atoms with E-state index in [2.05, 4.69) is 23.1 Å². The predicted octanol–water partition coefficient (Wildman–Crippen LogP) is 1.97. The Bertz CT molecular complexity index is 357. The van der Waals surface area contributed by atoms with E-state index < -0.39 is 0 Å². The maximum atomic E-state index is 5.89. The summed E-state index contributed by atoms with van der Waals surface area (Å²) in [6.07, 6.45) is 9.34. The lowest BCUT2D eigenvalue weighted by atomic mass is 9.91. The Morgan fingerprint density at radius 2 is 2.25 bits per heavy atom. The third-order valence-electron chi connectivity index (χ3n) is 3.09. The number of nitrogens with two attached hydrogens (primary N) is 1. The summed E-state index contributed by atoms with van der Waals surface area (Å²) in [5.41, 5.74) is 7.35. The van der Waals surface area contributed by atoms with Crippen molar-refractivity contribution in [1.82, 2.24) is 14.8 Å². The standard InChI is InChI=1S/C12H20N4/c1-2-7-16-12(14-9-15-16)8-10-3-5-11(13)6-4-10/h8-9,11H,2-7,13H2,1H3. The predicted molar refractivity (Wildman–Crippen MR) is 64.7 cm³/mol. The largest absolute Gasteiger partial charge is 0.328 e. The smallest absolute Gasteiger partial charge is 0.150 e. The molecular formula is C12H20N4. The molecule has 2 rings (SSSR count). The second kappa shape index (κ2) is 5.25. The monoisotopic (exact) mass is 220 g/mol. The third kappa shape index (κ3) is 2.70. The molecule has 4 heteroatoms. The minimum absolute atomic E-state index is 0.394. The molecule has 1 aromatic rings. The molecule has 16 heavy (non-hydrogen) atoms. The van der Waals surface area contributed by atoms with Crippen LogP contribution in [0, 0.1) is 0 Å². The molecule has 88 valence electrons. The fourth-order valence-electron chi connectivity index (χ4n) is 2.11. The maximum Gasteiger partial charge on any atom is 0.150 e. The van der Waals surface area contributed by atoms with Gasteiger partial charge in [0.25, 0.3) is 0 Å². The average Bonchev–Trinajstić information content (AvgIpc) is 2.70. The van der Waals surface area contributed by atoms with Crippen molar-refractivity contribution in [2.24, 2.45) is 5.73 Å². The zero-order valence-corrected chi connectivity index (χ0v) is 9.89. The zero-order chi connectivity index (χ0) is 11.4. The van der Waals surface area contributed by atoms with Crippen molar-refractivity contribution >= 4 is 6.08 Å². The molecule has 0 aromatic carbocycles. The number of aromatic nitrogens is 3. The van der Waals surface area contributed by atoms with Crippen molar-refractivity contribution in [3.05, 3.63) is 17.7 Å². The van der Waals surface area contributed by atoms with Crippen LogP contribution >= 0.6 is 0 Å². The Labute approximate surface area is 96.6 Å². The fraction of sp³-hybridized carbons (Fsp3) is 0.667. The number of nitrogens with zero attached hydrogens (tertiary/aromatic N) is 3. The van der Waals surface area contributed by atoms with E-state index in [1.165, 1.54) is 5.57 Å². The van der Waals surface area contributed by atoms with E-state index in [1.807, 2.05) is 4.68 Å². The lowest BCUT2D eigenvalue weighted by molar-refractivity contribution is 0.513. The van der Waals surface area contributed by atoms with E-state index in [9.17, 15) is 0 Å². The summed E-state index contributed by atoms with van der Waals surface area (Å²) in [5.74, 6) is 0.993. The van der Waals surface area contributed by atoms with E-state index >= 15 is 0 Å². The summed E-state index contributed by atoms with van der Waals surface area (Å²) in [7, 11) is 0. The number of allylic oxidation sites excluding steroid dienone is 1. The zero-order valence-electron chi connectivity index (χ0n) is 9.89. The van der Waals surface area contributed by atoms with Crippen LogP contribution in [0.2, 0.25) is 0 Å². The van der Waals surface area contributed by atoms with Gasteiger partial charge in [-0.25, -0.2) is 9.67 Å². The molecule has 1 aliphatic rings. The quantitative estimate of drug-likeness (QED) is 0.847. The second-order valence-electron chi connectivity index (χ2n) is 4.48. The Hall–Kier alpha value is -1.16. The van der Waals surface area contributed by atoms with Crippen LogP contribution in [0.3, 0.4) is 0 Å². The molecule has 0 aliphatic heterocycles. The Kier molecular flexibility index (Phi) is 3.72. The van der Waals surface area contributed by atoms with Gasteiger partial charge in [-0.2, -0.15) is 5.10 Å². The molecule has 1 heterocycles. The second-order valence-corrected chi connectivity index (χ2v) is 4.48. The van der Waals surface area contributed by atoms with Gasteiger partial charge in [0, 0.05) is 12.6 Å². The molecule has 0 unspecified atom stereocenters. The first-order valence-corrected chi connectivity index (χ1v) is 6.12. The van der Waals surface area contributed by atoms with E-state index in [0.717, 1.165) is 44.5 Å². The van der Waals surface area contributed by atoms with Gasteiger partial charge in [-0.05, 0) is 38.2 Å². The first-order valence-electron chi connectivity index (χ1n) is 6.12. The van der Waals surface area contributed by atoms with Crippen LogP contribution in [0.25, 0.3) is 6.08 Å². The Morgan fingerprint density at radius 1 is 1.50 bits per heavy atom. The lowest BCUT2D eigenvalue weighted by Crippen LogP contribution is -2.23. The van der Waals surface area contributed by atoms with Gasteiger partial charge in [0.2, 0.25) is 0 Å². The molecule has 2 N–H and O–H groups in total. The summed E-state index contributed by atoms with van der Waals surface area (Å²) in [6.45, 7) is 3.09. The van der Waals surface area contributed by atoms with Crippen LogP contribution in [-0.4, -0.2) is 20.8 Å². The van der Waals surface area contributed by atoms with Crippen LogP contribution < -0.4 is 5.73 Å². The van der Waals surface area contributed by atoms with Crippen molar-refractivity contribution in [2.75, 3.05) is 0 Å². The number of hydrogen-bond donors (Lipinski definition) is 1. The molecule has 0 amide bonds. The van der Waals surface area contributed by atoms with Gasteiger partial charge in [-0.3, -0.25) is 0 Å². The molecule has 1 aromatic heterocycles. The first kappa shape index (κ1) is 11.3. The van der Waals surface area contributed by atoms with E-state index in [0.29, 0.717) is 6.04 Å². The van der Waals surface area contributed by atoms with Crippen molar-refractivity contribution < 1.29 is 0 Å². The lowest BCUT2D eigenvalue weighted by Gasteiger charge is -2.19. The molecule has 1 aliphatic carbocycles. The van der Waals surface area contributed by atoms with Gasteiger partial charge in [-0.15, -0.1) is 0 Å². The minimum Gasteiger partial charge on any atom is -0.328 e. The van der Waals surface area contributed by atoms with Gasteiger partial charge in [0.1, 0.15) is 6.33 Å². The molecule has 1 fully saturated rings. The summed E-state index contributed by atoms with van der Waals surface area (Å²) < 4.78 is 1.97. The van der Waals surface area contributed by atoms with Crippen molar-refractivity contribution in [3.63, 3.8) is 0 Å². The third-order valence-corrected chi connectivity index (χ3v) is 3.09. The van der Waals surface area contributed by atoms with E-state index in [4.69, 9.17) is 5.73 Å². The maximum absolute atomic E-state index is 5.89. The van der Waals surface area contributed by atoms with Gasteiger partial charge < -0.3 is 5.73 Å². The fourth-order valence-corrected chi connectivity index (χ4v) is 2.11.